The molecule has 13 heavy (non-hydrogen) atoms. The van der Waals surface area contributed by atoms with Crippen LogP contribution >= 0.6 is 22.0 Å². The van der Waals surface area contributed by atoms with Gasteiger partial charge in [0.1, 0.15) is 0 Å². The number of hydrogen-bond acceptors (Lipinski definition) is 4. The molecule has 1 rings (SSSR count). The zero-order chi connectivity index (χ0) is 10.1. The molecule has 0 aromatic carbocycles. The van der Waals surface area contributed by atoms with Gasteiger partial charge in [-0.25, -0.2) is 4.79 Å². The van der Waals surface area contributed by atoms with Crippen LogP contribution in [0.15, 0.2) is 0 Å². The molecule has 7 heteroatoms. The second-order valence-corrected chi connectivity index (χ2v) is 4.41. The number of nitrogens with zero attached hydrogens (tertiary/aromatic N) is 2. The Balaban J connectivity index is 2.84. The maximum atomic E-state index is 10.7. The summed E-state index contributed by atoms with van der Waals surface area (Å²) in [6.07, 6.45) is -0.555. The number of piperazine rings is 1. The summed E-state index contributed by atoms with van der Waals surface area (Å²) in [5.41, 5.74) is 0. The summed E-state index contributed by atoms with van der Waals surface area (Å²) in [4.78, 5) is 21.3. The van der Waals surface area contributed by atoms with Gasteiger partial charge in [0.05, 0.1) is 0 Å². The molecule has 2 unspecified atom stereocenters. The lowest BCUT2D eigenvalue weighted by atomic mass is 10.2. The predicted molar refractivity (Wildman–Crippen MR) is 53.8 cm³/mol. The fraction of sp³-hybridized carbons (Fsp3) is 0.667. The number of carbonyl (C=O) groups is 2. The van der Waals surface area contributed by atoms with E-state index >= 15 is 0 Å². The van der Waals surface area contributed by atoms with Gasteiger partial charge >= 0.3 is 6.09 Å². The Bertz CT molecular complexity index is 240. The summed E-state index contributed by atoms with van der Waals surface area (Å²) < 4.78 is 1.79. The number of carbonyl (C=O) groups excluding carboxylic acids is 1. The fourth-order valence-corrected chi connectivity index (χ4v) is 2.16. The molecule has 0 bridgehead atoms. The molecule has 1 saturated heterocycles. The molecule has 74 valence electrons. The maximum absolute atomic E-state index is 10.7. The molecule has 1 N–H and O–H groups in total. The topological polar surface area (TPSA) is 60.9 Å². The Morgan fingerprint density at radius 2 is 2.23 bits per heavy atom. The van der Waals surface area contributed by atoms with Crippen LogP contribution in [0.1, 0.15) is 0 Å². The van der Waals surface area contributed by atoms with Gasteiger partial charge in [0.2, 0.25) is 0 Å². The molecule has 1 amide bonds. The highest BCUT2D eigenvalue weighted by Crippen LogP contribution is 2.25. The SMILES string of the molecule is O=CC1(S)CN(P)CCN1C(=O)O. The molecule has 2 atom stereocenters. The number of amides is 1. The fourth-order valence-electron chi connectivity index (χ4n) is 1.25. The van der Waals surface area contributed by atoms with E-state index in [1.54, 1.807) is 4.67 Å². The number of hydrogen-bond donors (Lipinski definition) is 2. The average molecular weight is 222 g/mol. The van der Waals surface area contributed by atoms with Crippen molar-refractivity contribution < 1.29 is 14.7 Å². The first-order valence-electron chi connectivity index (χ1n) is 3.68. The highest BCUT2D eigenvalue weighted by atomic mass is 32.1. The van der Waals surface area contributed by atoms with Crippen LogP contribution in [0.2, 0.25) is 0 Å². The number of rotatable bonds is 1. The second-order valence-electron chi connectivity index (χ2n) is 2.90. The monoisotopic (exact) mass is 222 g/mol. The zero-order valence-electron chi connectivity index (χ0n) is 6.88. The smallest absolute Gasteiger partial charge is 0.408 e. The molecule has 0 aliphatic carbocycles. The van der Waals surface area contributed by atoms with E-state index in [0.717, 1.165) is 4.90 Å². The van der Waals surface area contributed by atoms with Crippen molar-refractivity contribution >= 4 is 34.4 Å². The average Bonchev–Trinajstić information content (AvgIpc) is 2.03. The molecule has 0 saturated carbocycles. The lowest BCUT2D eigenvalue weighted by Gasteiger charge is -2.41. The molecular weight excluding hydrogens is 211 g/mol. The van der Waals surface area contributed by atoms with Crippen molar-refractivity contribution in [3.63, 3.8) is 0 Å². The van der Waals surface area contributed by atoms with Crippen molar-refractivity contribution in [2.24, 2.45) is 0 Å². The Hall–Kier alpha value is -0.320. The first-order chi connectivity index (χ1) is 5.99. The predicted octanol–water partition coefficient (Wildman–Crippen LogP) is -0.103. The highest BCUT2D eigenvalue weighted by Gasteiger charge is 2.40. The summed E-state index contributed by atoms with van der Waals surface area (Å²) >= 11 is 4.07. The van der Waals surface area contributed by atoms with E-state index in [0.29, 0.717) is 19.4 Å². The summed E-state index contributed by atoms with van der Waals surface area (Å²) in [5, 5.41) is 8.78. The van der Waals surface area contributed by atoms with E-state index in [-0.39, 0.29) is 6.54 Å². The largest absolute Gasteiger partial charge is 0.465 e. The highest BCUT2D eigenvalue weighted by molar-refractivity contribution is 7.82. The minimum absolute atomic E-state index is 0.288. The Labute approximate surface area is 83.7 Å². The molecule has 5 nitrogen and oxygen atoms in total. The normalized spacial score (nSPS) is 30.2. The van der Waals surface area contributed by atoms with Gasteiger partial charge in [0.25, 0.3) is 0 Å². The van der Waals surface area contributed by atoms with Crippen LogP contribution in [0.3, 0.4) is 0 Å². The summed E-state index contributed by atoms with van der Waals surface area (Å²) in [5.74, 6) is 0. The van der Waals surface area contributed by atoms with Crippen molar-refractivity contribution in [2.45, 2.75) is 4.87 Å². The quantitative estimate of drug-likeness (QED) is 0.369. The lowest BCUT2D eigenvalue weighted by Crippen LogP contribution is -2.59. The van der Waals surface area contributed by atoms with E-state index in [1.807, 2.05) is 0 Å². The Kier molecular flexibility index (Phi) is 3.16. The van der Waals surface area contributed by atoms with E-state index in [2.05, 4.69) is 22.0 Å². The summed E-state index contributed by atoms with van der Waals surface area (Å²) in [6.45, 7) is 1.17. The van der Waals surface area contributed by atoms with Crippen molar-refractivity contribution in [1.29, 1.82) is 0 Å². The van der Waals surface area contributed by atoms with Gasteiger partial charge in [0, 0.05) is 19.6 Å². The van der Waals surface area contributed by atoms with Crippen LogP contribution in [-0.4, -0.2) is 51.6 Å². The van der Waals surface area contributed by atoms with Crippen LogP contribution in [0.25, 0.3) is 0 Å². The van der Waals surface area contributed by atoms with Crippen LogP contribution in [-0.2, 0) is 4.79 Å². The van der Waals surface area contributed by atoms with Gasteiger partial charge in [-0.05, 0) is 0 Å². The third-order valence-electron chi connectivity index (χ3n) is 1.93. The molecule has 1 heterocycles. The zero-order valence-corrected chi connectivity index (χ0v) is 8.93. The number of thiol groups is 1. The van der Waals surface area contributed by atoms with E-state index in [4.69, 9.17) is 5.11 Å². The van der Waals surface area contributed by atoms with Gasteiger partial charge in [-0.2, -0.15) is 0 Å². The first-order valence-corrected chi connectivity index (χ1v) is 4.65. The molecule has 1 fully saturated rings. The van der Waals surface area contributed by atoms with Crippen LogP contribution < -0.4 is 0 Å². The second kappa shape index (κ2) is 3.82. The van der Waals surface area contributed by atoms with Crippen LogP contribution in [0.4, 0.5) is 4.79 Å². The van der Waals surface area contributed by atoms with Crippen molar-refractivity contribution in [1.82, 2.24) is 9.57 Å². The molecule has 1 aliphatic rings. The number of carboxylic acid groups (broad SMARTS) is 1. The lowest BCUT2D eigenvalue weighted by molar-refractivity contribution is -0.114. The first kappa shape index (κ1) is 10.8. The minimum Gasteiger partial charge on any atom is -0.465 e. The third kappa shape index (κ3) is 2.13. The van der Waals surface area contributed by atoms with E-state index in [1.165, 1.54) is 0 Å². The summed E-state index contributed by atoms with van der Waals surface area (Å²) in [6, 6.07) is 0. The third-order valence-corrected chi connectivity index (χ3v) is 2.86. The van der Waals surface area contributed by atoms with Gasteiger partial charge in [-0.3, -0.25) is 14.4 Å². The number of aldehydes is 1. The van der Waals surface area contributed by atoms with Gasteiger partial charge in [-0.1, -0.05) is 9.39 Å². The molecule has 1 aliphatic heterocycles. The Morgan fingerprint density at radius 1 is 1.62 bits per heavy atom. The van der Waals surface area contributed by atoms with Gasteiger partial charge < -0.3 is 5.11 Å². The van der Waals surface area contributed by atoms with Crippen LogP contribution in [0.5, 0.6) is 0 Å². The van der Waals surface area contributed by atoms with Crippen molar-refractivity contribution in [2.75, 3.05) is 19.6 Å². The van der Waals surface area contributed by atoms with Crippen molar-refractivity contribution in [3.8, 4) is 0 Å². The maximum Gasteiger partial charge on any atom is 0.408 e. The standard InChI is InChI=1S/C6H11N2O3PS/c9-4-6(13)3-7(12)1-2-8(6)5(10)11/h4,13H,1-3,12H2,(H,10,11). The van der Waals surface area contributed by atoms with E-state index in [9.17, 15) is 9.59 Å². The molecule has 0 radical (unpaired) electrons. The van der Waals surface area contributed by atoms with Gasteiger partial charge in [0.15, 0.2) is 11.2 Å². The minimum atomic E-state index is -1.22. The molecule has 0 spiro atoms. The summed E-state index contributed by atoms with van der Waals surface area (Å²) in [7, 11) is 2.43. The van der Waals surface area contributed by atoms with Gasteiger partial charge in [-0.15, -0.1) is 12.6 Å². The molecule has 0 aromatic heterocycles. The van der Waals surface area contributed by atoms with Crippen molar-refractivity contribution in [3.05, 3.63) is 0 Å². The molecule has 0 aromatic rings. The molecular formula is C6H11N2O3PS. The Morgan fingerprint density at radius 3 is 2.69 bits per heavy atom. The van der Waals surface area contributed by atoms with E-state index < -0.39 is 11.0 Å². The van der Waals surface area contributed by atoms with Crippen LogP contribution in [0, 0.1) is 0 Å².